The van der Waals surface area contributed by atoms with Crippen LogP contribution < -0.4 is 15.4 Å². The van der Waals surface area contributed by atoms with Crippen LogP contribution in [0.1, 0.15) is 18.1 Å². The van der Waals surface area contributed by atoms with Crippen LogP contribution in [0.5, 0.6) is 5.75 Å². The Labute approximate surface area is 183 Å². The molecule has 0 aromatic heterocycles. The molecule has 0 aliphatic rings. The van der Waals surface area contributed by atoms with E-state index >= 15 is 0 Å². The first kappa shape index (κ1) is 24.1. The number of rotatable bonds is 9. The molecule has 0 radical (unpaired) electrons. The van der Waals surface area contributed by atoms with Gasteiger partial charge in [-0.3, -0.25) is 9.59 Å². The summed E-state index contributed by atoms with van der Waals surface area (Å²) in [7, 11) is 0.829. The summed E-state index contributed by atoms with van der Waals surface area (Å²) in [5.41, 5.74) is 1.27. The fraction of sp³-hybridized carbons (Fsp3) is 0.273. The average molecular weight is 446 g/mol. The van der Waals surface area contributed by atoms with E-state index < -0.39 is 27.9 Å². The van der Waals surface area contributed by atoms with E-state index in [0.29, 0.717) is 11.3 Å². The summed E-state index contributed by atoms with van der Waals surface area (Å²) in [5.74, 6) is -0.135. The van der Waals surface area contributed by atoms with E-state index in [0.717, 1.165) is 9.87 Å². The van der Waals surface area contributed by atoms with Crippen LogP contribution in [-0.2, 0) is 26.2 Å². The van der Waals surface area contributed by atoms with E-state index in [2.05, 4.69) is 10.6 Å². The minimum Gasteiger partial charge on any atom is -0.497 e. The van der Waals surface area contributed by atoms with Crippen molar-refractivity contribution in [3.63, 3.8) is 0 Å². The molecule has 0 saturated heterocycles. The van der Waals surface area contributed by atoms with Crippen LogP contribution in [0.3, 0.4) is 0 Å². The molecule has 2 amide bonds. The van der Waals surface area contributed by atoms with Crippen molar-refractivity contribution in [1.82, 2.24) is 14.9 Å². The maximum atomic E-state index is 12.4. The van der Waals surface area contributed by atoms with Crippen molar-refractivity contribution < 1.29 is 22.7 Å². The van der Waals surface area contributed by atoms with Crippen molar-refractivity contribution in [1.29, 1.82) is 0 Å². The van der Waals surface area contributed by atoms with Gasteiger partial charge in [0.2, 0.25) is 21.8 Å². The summed E-state index contributed by atoms with van der Waals surface area (Å²) in [6, 6.07) is 12.8. The van der Waals surface area contributed by atoms with Crippen LogP contribution >= 0.6 is 0 Å². The van der Waals surface area contributed by atoms with Gasteiger partial charge in [-0.2, -0.15) is 0 Å². The van der Waals surface area contributed by atoms with Gasteiger partial charge in [-0.05, 0) is 42.3 Å². The van der Waals surface area contributed by atoms with Crippen molar-refractivity contribution in [2.45, 2.75) is 24.4 Å². The van der Waals surface area contributed by atoms with Crippen LogP contribution in [0, 0.1) is 0 Å². The quantitative estimate of drug-likeness (QED) is 0.573. The topological polar surface area (TPSA) is 105 Å². The maximum Gasteiger partial charge on any atom is 0.244 e. The zero-order valence-corrected chi connectivity index (χ0v) is 18.8. The van der Waals surface area contributed by atoms with Gasteiger partial charge in [0.15, 0.2) is 0 Å². The first-order valence-corrected chi connectivity index (χ1v) is 11.0. The summed E-state index contributed by atoms with van der Waals surface area (Å²) in [5, 5.41) is 5.25. The normalized spacial score (nSPS) is 12.5. The molecule has 2 rings (SSSR count). The fourth-order valence-corrected chi connectivity index (χ4v) is 3.76. The number of carbonyl (C=O) groups is 2. The Hall–Kier alpha value is -3.17. The summed E-state index contributed by atoms with van der Waals surface area (Å²) >= 11 is 0. The second-order valence-electron chi connectivity index (χ2n) is 6.95. The molecule has 0 bridgehead atoms. The second kappa shape index (κ2) is 10.7. The number of nitrogens with one attached hydrogen (secondary N) is 2. The number of carbonyl (C=O) groups excluding carboxylic acids is 2. The van der Waals surface area contributed by atoms with Gasteiger partial charge < -0.3 is 15.4 Å². The monoisotopic (exact) mass is 445 g/mol. The van der Waals surface area contributed by atoms with Gasteiger partial charge >= 0.3 is 0 Å². The number of nitrogens with zero attached hydrogens (tertiary/aromatic N) is 1. The smallest absolute Gasteiger partial charge is 0.244 e. The average Bonchev–Trinajstić information content (AvgIpc) is 2.76. The Morgan fingerprint density at radius 3 is 2.35 bits per heavy atom. The Bertz CT molecular complexity index is 1050. The first-order chi connectivity index (χ1) is 14.6. The lowest BCUT2D eigenvalue weighted by molar-refractivity contribution is -0.126. The third-order valence-corrected chi connectivity index (χ3v) is 6.39. The third kappa shape index (κ3) is 6.66. The molecule has 2 aromatic rings. The van der Waals surface area contributed by atoms with Crippen LogP contribution in [0.25, 0.3) is 6.08 Å². The minimum absolute atomic E-state index is 0.0178. The largest absolute Gasteiger partial charge is 0.497 e. The number of ether oxygens (including phenoxy) is 1. The highest BCUT2D eigenvalue weighted by atomic mass is 32.2. The zero-order chi connectivity index (χ0) is 23.0. The molecule has 9 heteroatoms. The molecule has 0 fully saturated rings. The van der Waals surface area contributed by atoms with Gasteiger partial charge in [0, 0.05) is 26.7 Å². The van der Waals surface area contributed by atoms with Crippen LogP contribution in [0.2, 0.25) is 0 Å². The lowest BCUT2D eigenvalue weighted by Gasteiger charge is -2.17. The van der Waals surface area contributed by atoms with Crippen molar-refractivity contribution in [2.75, 3.05) is 21.2 Å². The molecule has 1 unspecified atom stereocenters. The Kier molecular flexibility index (Phi) is 8.35. The van der Waals surface area contributed by atoms with Gasteiger partial charge in [-0.25, -0.2) is 12.7 Å². The molecular formula is C22H27N3O5S. The van der Waals surface area contributed by atoms with Gasteiger partial charge in [0.1, 0.15) is 11.8 Å². The predicted octanol–water partition coefficient (Wildman–Crippen LogP) is 1.78. The lowest BCUT2D eigenvalue weighted by Crippen LogP contribution is -2.44. The van der Waals surface area contributed by atoms with E-state index in [4.69, 9.17) is 4.74 Å². The zero-order valence-electron chi connectivity index (χ0n) is 18.0. The summed E-state index contributed by atoms with van der Waals surface area (Å²) < 4.78 is 31.1. The highest BCUT2D eigenvalue weighted by Gasteiger charge is 2.21. The highest BCUT2D eigenvalue weighted by molar-refractivity contribution is 7.89. The van der Waals surface area contributed by atoms with Crippen molar-refractivity contribution in [3.8, 4) is 5.75 Å². The van der Waals surface area contributed by atoms with Crippen LogP contribution in [-0.4, -0.2) is 51.8 Å². The lowest BCUT2D eigenvalue weighted by atomic mass is 10.2. The van der Waals surface area contributed by atoms with E-state index in [1.54, 1.807) is 62.6 Å². The number of hydrogen-bond donors (Lipinski definition) is 2. The van der Waals surface area contributed by atoms with Gasteiger partial charge in [-0.1, -0.05) is 30.3 Å². The second-order valence-corrected chi connectivity index (χ2v) is 9.07. The molecule has 0 aliphatic heterocycles. The fourth-order valence-electron chi connectivity index (χ4n) is 2.65. The molecule has 8 nitrogen and oxygen atoms in total. The van der Waals surface area contributed by atoms with Crippen LogP contribution in [0.15, 0.2) is 59.5 Å². The van der Waals surface area contributed by atoms with E-state index in [9.17, 15) is 18.0 Å². The van der Waals surface area contributed by atoms with Gasteiger partial charge in [0.25, 0.3) is 0 Å². The van der Waals surface area contributed by atoms with Gasteiger partial charge in [-0.15, -0.1) is 0 Å². The van der Waals surface area contributed by atoms with E-state index in [1.807, 2.05) is 0 Å². The summed E-state index contributed by atoms with van der Waals surface area (Å²) in [6.45, 7) is 1.57. The SMILES string of the molecule is COc1ccc(/C=C/C(=O)NC(C)C(=O)NCc2ccccc2S(=O)(=O)N(C)C)cc1. The Morgan fingerprint density at radius 2 is 1.74 bits per heavy atom. The van der Waals surface area contributed by atoms with E-state index in [1.165, 1.54) is 26.2 Å². The standard InChI is InChI=1S/C22H27N3O5S/c1-16(24-21(26)14-11-17-9-12-19(30-4)13-10-17)22(27)23-15-18-7-5-6-8-20(18)31(28,29)25(2)3/h5-14,16H,15H2,1-4H3,(H,23,27)(H,24,26)/b14-11+. The molecule has 0 heterocycles. The molecule has 0 aliphatic carbocycles. The minimum atomic E-state index is -3.64. The molecule has 0 spiro atoms. The number of methoxy groups -OCH3 is 1. The molecule has 2 aromatic carbocycles. The van der Waals surface area contributed by atoms with Crippen molar-refractivity contribution in [2.24, 2.45) is 0 Å². The maximum absolute atomic E-state index is 12.4. The van der Waals surface area contributed by atoms with Gasteiger partial charge in [0.05, 0.1) is 12.0 Å². The summed E-state index contributed by atoms with van der Waals surface area (Å²) in [4.78, 5) is 24.6. The summed E-state index contributed by atoms with van der Waals surface area (Å²) in [6.07, 6.45) is 2.96. The van der Waals surface area contributed by atoms with Crippen molar-refractivity contribution in [3.05, 3.63) is 65.7 Å². The predicted molar refractivity (Wildman–Crippen MR) is 119 cm³/mol. The molecule has 0 saturated carbocycles. The third-order valence-electron chi connectivity index (χ3n) is 4.48. The number of amides is 2. The number of hydrogen-bond acceptors (Lipinski definition) is 5. The molecule has 166 valence electrons. The number of benzene rings is 2. The molecular weight excluding hydrogens is 418 g/mol. The van der Waals surface area contributed by atoms with E-state index in [-0.39, 0.29) is 11.4 Å². The first-order valence-electron chi connectivity index (χ1n) is 9.56. The molecule has 31 heavy (non-hydrogen) atoms. The Balaban J connectivity index is 1.94. The number of sulfonamides is 1. The molecule has 1 atom stereocenters. The van der Waals surface area contributed by atoms with Crippen LogP contribution in [0.4, 0.5) is 0 Å². The molecule has 2 N–H and O–H groups in total. The van der Waals surface area contributed by atoms with Crippen molar-refractivity contribution >= 4 is 27.9 Å². The highest BCUT2D eigenvalue weighted by Crippen LogP contribution is 2.18. The Morgan fingerprint density at radius 1 is 1.10 bits per heavy atom.